The van der Waals surface area contributed by atoms with Crippen LogP contribution in [0.3, 0.4) is 0 Å². The fourth-order valence-corrected chi connectivity index (χ4v) is 5.96. The summed E-state index contributed by atoms with van der Waals surface area (Å²) in [5, 5.41) is 1.24. The maximum absolute atomic E-state index is 13.9. The van der Waals surface area contributed by atoms with Gasteiger partial charge in [-0.1, -0.05) is 62.4 Å². The first kappa shape index (κ1) is 28.4. The number of piperazine rings is 1. The minimum atomic E-state index is -0.797. The van der Waals surface area contributed by atoms with Gasteiger partial charge in [-0.05, 0) is 64.0 Å². The SMILES string of the molecule is CC(C)OC(=O)N1O[C@@H](CC2CCCCC2)C(=O)N2[C@@H]1CN(CCc1ccccc1)C(=O)[C@@H]2CCCCN. The Kier molecular flexibility index (Phi) is 10.0. The Labute approximate surface area is 226 Å². The van der Waals surface area contributed by atoms with Crippen molar-refractivity contribution in [2.45, 2.75) is 102 Å². The normalized spacial score (nSPS) is 24.6. The van der Waals surface area contributed by atoms with Crippen molar-refractivity contribution in [3.8, 4) is 0 Å². The molecule has 38 heavy (non-hydrogen) atoms. The number of unbranched alkanes of at least 4 members (excludes halogenated alkanes) is 1. The molecule has 0 spiro atoms. The van der Waals surface area contributed by atoms with Crippen LogP contribution in [-0.4, -0.2) is 76.8 Å². The highest BCUT2D eigenvalue weighted by Crippen LogP contribution is 2.35. The van der Waals surface area contributed by atoms with Gasteiger partial charge in [-0.25, -0.2) is 4.79 Å². The molecule has 0 aromatic heterocycles. The van der Waals surface area contributed by atoms with Crippen LogP contribution in [0.15, 0.2) is 30.3 Å². The van der Waals surface area contributed by atoms with Gasteiger partial charge in [0.15, 0.2) is 12.3 Å². The Morgan fingerprint density at radius 1 is 1.08 bits per heavy atom. The molecule has 1 aliphatic carbocycles. The van der Waals surface area contributed by atoms with Gasteiger partial charge in [0.25, 0.3) is 5.91 Å². The van der Waals surface area contributed by atoms with Crippen molar-refractivity contribution in [2.75, 3.05) is 19.6 Å². The highest BCUT2D eigenvalue weighted by atomic mass is 16.7. The first-order chi connectivity index (χ1) is 18.4. The number of rotatable bonds is 10. The molecule has 1 aromatic rings. The Balaban J connectivity index is 1.60. The minimum absolute atomic E-state index is 0.0713. The van der Waals surface area contributed by atoms with Crippen LogP contribution in [0.2, 0.25) is 0 Å². The van der Waals surface area contributed by atoms with Gasteiger partial charge in [0.2, 0.25) is 5.91 Å². The Hall–Kier alpha value is -2.65. The number of carbonyl (C=O) groups excluding carboxylic acids is 3. The zero-order chi connectivity index (χ0) is 27.1. The van der Waals surface area contributed by atoms with E-state index in [0.29, 0.717) is 38.3 Å². The molecule has 4 rings (SSSR count). The molecular weight excluding hydrogens is 484 g/mol. The zero-order valence-corrected chi connectivity index (χ0v) is 22.9. The van der Waals surface area contributed by atoms with Gasteiger partial charge in [-0.15, -0.1) is 0 Å². The van der Waals surface area contributed by atoms with Crippen molar-refractivity contribution >= 4 is 17.9 Å². The summed E-state index contributed by atoms with van der Waals surface area (Å²) in [5.74, 6) is 0.108. The topological polar surface area (TPSA) is 105 Å². The standard InChI is InChI=1S/C29H44N4O5/c1-21(2)37-29(36)33-26-20-31(18-16-22-11-5-3-6-12-22)27(34)24(15-9-10-17-30)32(26)28(35)25(38-33)19-23-13-7-4-8-14-23/h3,5-6,11-12,21,23-26H,4,7-10,13-20,30H2,1-2H3/t24-,25-,26-/m0/s1. The van der Waals surface area contributed by atoms with Crippen LogP contribution in [0.1, 0.15) is 77.2 Å². The van der Waals surface area contributed by atoms with Gasteiger partial charge in [-0.2, -0.15) is 5.06 Å². The molecule has 0 bridgehead atoms. The average Bonchev–Trinajstić information content (AvgIpc) is 2.91. The number of benzene rings is 1. The number of fused-ring (bicyclic) bond motifs is 1. The number of amides is 3. The molecule has 2 N–H and O–H groups in total. The number of hydroxylamine groups is 2. The summed E-state index contributed by atoms with van der Waals surface area (Å²) >= 11 is 0. The molecule has 9 heteroatoms. The van der Waals surface area contributed by atoms with Crippen molar-refractivity contribution in [3.63, 3.8) is 0 Å². The largest absolute Gasteiger partial charge is 0.445 e. The molecule has 2 aliphatic heterocycles. The van der Waals surface area contributed by atoms with Gasteiger partial charge in [0.05, 0.1) is 12.6 Å². The summed E-state index contributed by atoms with van der Waals surface area (Å²) in [6, 6.07) is 9.34. The fraction of sp³-hybridized carbons (Fsp3) is 0.690. The van der Waals surface area contributed by atoms with Crippen LogP contribution in [-0.2, 0) is 25.6 Å². The van der Waals surface area contributed by atoms with E-state index in [1.165, 1.54) is 11.5 Å². The number of hydrogen-bond donors (Lipinski definition) is 1. The number of carbonyl (C=O) groups is 3. The second kappa shape index (κ2) is 13.4. The molecule has 210 valence electrons. The molecule has 1 aromatic carbocycles. The molecule has 2 saturated heterocycles. The molecular formula is C29H44N4O5. The van der Waals surface area contributed by atoms with Crippen LogP contribution in [0.5, 0.6) is 0 Å². The van der Waals surface area contributed by atoms with Crippen molar-refractivity contribution in [3.05, 3.63) is 35.9 Å². The molecule has 1 saturated carbocycles. The van der Waals surface area contributed by atoms with E-state index in [9.17, 15) is 14.4 Å². The molecule has 3 atom stereocenters. The lowest BCUT2D eigenvalue weighted by Gasteiger charge is -2.53. The Bertz CT molecular complexity index is 936. The summed E-state index contributed by atoms with van der Waals surface area (Å²) in [6.07, 6.45) is 6.36. The van der Waals surface area contributed by atoms with E-state index in [2.05, 4.69) is 0 Å². The number of nitrogens with zero attached hydrogens (tertiary/aromatic N) is 3. The fourth-order valence-electron chi connectivity index (χ4n) is 5.96. The highest BCUT2D eigenvalue weighted by Gasteiger charge is 2.53. The minimum Gasteiger partial charge on any atom is -0.445 e. The highest BCUT2D eigenvalue weighted by molar-refractivity contribution is 5.92. The van der Waals surface area contributed by atoms with Crippen molar-refractivity contribution < 1.29 is 24.0 Å². The summed E-state index contributed by atoms with van der Waals surface area (Å²) in [7, 11) is 0. The molecule has 0 radical (unpaired) electrons. The molecule has 0 unspecified atom stereocenters. The third-order valence-electron chi connectivity index (χ3n) is 7.91. The molecule has 3 fully saturated rings. The van der Waals surface area contributed by atoms with E-state index in [0.717, 1.165) is 44.1 Å². The lowest BCUT2D eigenvalue weighted by molar-refractivity contribution is -0.270. The van der Waals surface area contributed by atoms with Gasteiger partial charge < -0.3 is 20.3 Å². The summed E-state index contributed by atoms with van der Waals surface area (Å²) in [6.45, 7) is 4.78. The molecule has 2 heterocycles. The number of hydrogen-bond acceptors (Lipinski definition) is 6. The van der Waals surface area contributed by atoms with E-state index in [1.807, 2.05) is 30.3 Å². The summed E-state index contributed by atoms with van der Waals surface area (Å²) in [4.78, 5) is 50.6. The zero-order valence-electron chi connectivity index (χ0n) is 22.9. The van der Waals surface area contributed by atoms with Crippen molar-refractivity contribution in [2.24, 2.45) is 11.7 Å². The molecule has 9 nitrogen and oxygen atoms in total. The molecule has 3 amide bonds. The van der Waals surface area contributed by atoms with E-state index in [1.54, 1.807) is 23.6 Å². The summed E-state index contributed by atoms with van der Waals surface area (Å²) < 4.78 is 5.54. The van der Waals surface area contributed by atoms with Gasteiger partial charge >= 0.3 is 6.09 Å². The number of ether oxygens (including phenoxy) is 1. The average molecular weight is 529 g/mol. The van der Waals surface area contributed by atoms with Gasteiger partial charge in [-0.3, -0.25) is 14.4 Å². The second-order valence-corrected chi connectivity index (χ2v) is 11.1. The Morgan fingerprint density at radius 3 is 2.50 bits per heavy atom. The quantitative estimate of drug-likeness (QED) is 0.463. The predicted octanol–water partition coefficient (Wildman–Crippen LogP) is 3.85. The number of nitrogens with two attached hydrogens (primary N) is 1. The van der Waals surface area contributed by atoms with Crippen LogP contribution in [0.25, 0.3) is 0 Å². The van der Waals surface area contributed by atoms with Crippen LogP contribution in [0, 0.1) is 5.92 Å². The van der Waals surface area contributed by atoms with E-state index in [-0.39, 0.29) is 24.5 Å². The first-order valence-corrected chi connectivity index (χ1v) is 14.4. The third-order valence-corrected chi connectivity index (χ3v) is 7.91. The van der Waals surface area contributed by atoms with E-state index < -0.39 is 24.4 Å². The van der Waals surface area contributed by atoms with Crippen LogP contribution in [0.4, 0.5) is 4.79 Å². The van der Waals surface area contributed by atoms with Gasteiger partial charge in [0, 0.05) is 6.54 Å². The summed E-state index contributed by atoms with van der Waals surface area (Å²) in [5.41, 5.74) is 6.87. The maximum atomic E-state index is 13.9. The lowest BCUT2D eigenvalue weighted by atomic mass is 9.85. The van der Waals surface area contributed by atoms with Crippen LogP contribution < -0.4 is 5.73 Å². The second-order valence-electron chi connectivity index (χ2n) is 11.1. The van der Waals surface area contributed by atoms with E-state index in [4.69, 9.17) is 15.3 Å². The lowest BCUT2D eigenvalue weighted by Crippen LogP contribution is -2.73. The first-order valence-electron chi connectivity index (χ1n) is 14.4. The third kappa shape index (κ3) is 6.86. The smallest absolute Gasteiger partial charge is 0.436 e. The Morgan fingerprint density at radius 2 is 1.82 bits per heavy atom. The predicted molar refractivity (Wildman–Crippen MR) is 144 cm³/mol. The van der Waals surface area contributed by atoms with Crippen molar-refractivity contribution in [1.29, 1.82) is 0 Å². The maximum Gasteiger partial charge on any atom is 0.436 e. The van der Waals surface area contributed by atoms with Crippen molar-refractivity contribution in [1.82, 2.24) is 14.9 Å². The monoisotopic (exact) mass is 528 g/mol. The van der Waals surface area contributed by atoms with E-state index >= 15 is 0 Å². The molecule has 3 aliphatic rings. The van der Waals surface area contributed by atoms with Gasteiger partial charge in [0.1, 0.15) is 6.04 Å². The van der Waals surface area contributed by atoms with Crippen LogP contribution >= 0.6 is 0 Å².